The molecule has 1 aromatic heterocycles. The highest BCUT2D eigenvalue weighted by Gasteiger charge is 2.30. The van der Waals surface area contributed by atoms with E-state index in [1.54, 1.807) is 0 Å². The Hall–Kier alpha value is -1.16. The third-order valence-electron chi connectivity index (χ3n) is 4.35. The van der Waals surface area contributed by atoms with Gasteiger partial charge in [-0.25, -0.2) is 9.97 Å². The molecule has 20 heavy (non-hydrogen) atoms. The first kappa shape index (κ1) is 13.8. The maximum Gasteiger partial charge on any atom is 0.225 e. The lowest BCUT2D eigenvalue weighted by atomic mass is 10.1. The summed E-state index contributed by atoms with van der Waals surface area (Å²) in [5.41, 5.74) is 7.14. The molecule has 1 unspecified atom stereocenters. The molecule has 0 aromatic carbocycles. The fourth-order valence-corrected chi connectivity index (χ4v) is 2.53. The minimum absolute atomic E-state index is 0.221. The lowest BCUT2D eigenvalue weighted by Gasteiger charge is -2.22. The van der Waals surface area contributed by atoms with E-state index >= 15 is 0 Å². The zero-order chi connectivity index (χ0) is 13.9. The van der Waals surface area contributed by atoms with Crippen molar-refractivity contribution in [3.63, 3.8) is 0 Å². The van der Waals surface area contributed by atoms with Gasteiger partial charge in [-0.3, -0.25) is 0 Å². The molecule has 0 saturated heterocycles. The Morgan fingerprint density at radius 1 is 1.15 bits per heavy atom. The zero-order valence-corrected chi connectivity index (χ0v) is 12.5. The quantitative estimate of drug-likeness (QED) is 0.791. The van der Waals surface area contributed by atoms with Crippen molar-refractivity contribution in [3.8, 4) is 0 Å². The van der Waals surface area contributed by atoms with Gasteiger partial charge in [0.2, 0.25) is 5.95 Å². The second kappa shape index (κ2) is 6.08. The van der Waals surface area contributed by atoms with Gasteiger partial charge in [-0.05, 0) is 55.9 Å². The van der Waals surface area contributed by atoms with Crippen LogP contribution in [0.1, 0.15) is 44.6 Å². The average molecular weight is 274 g/mol. The van der Waals surface area contributed by atoms with Crippen molar-refractivity contribution >= 4 is 5.95 Å². The molecule has 1 atom stereocenters. The monoisotopic (exact) mass is 274 g/mol. The van der Waals surface area contributed by atoms with E-state index in [9.17, 15) is 0 Å². The molecule has 2 fully saturated rings. The summed E-state index contributed by atoms with van der Waals surface area (Å²) in [6.07, 6.45) is 11.3. The van der Waals surface area contributed by atoms with Gasteiger partial charge in [-0.15, -0.1) is 0 Å². The Morgan fingerprint density at radius 2 is 1.70 bits per heavy atom. The van der Waals surface area contributed by atoms with Crippen molar-refractivity contribution in [3.05, 3.63) is 18.0 Å². The number of hydrogen-bond acceptors (Lipinski definition) is 4. The number of hydrogen-bond donors (Lipinski definition) is 1. The van der Waals surface area contributed by atoms with Crippen LogP contribution in [0.15, 0.2) is 12.4 Å². The molecule has 2 saturated carbocycles. The van der Waals surface area contributed by atoms with Crippen molar-refractivity contribution < 1.29 is 0 Å². The van der Waals surface area contributed by atoms with Crippen molar-refractivity contribution in [2.45, 2.75) is 51.5 Å². The topological polar surface area (TPSA) is 55.0 Å². The second-order valence-electron chi connectivity index (χ2n) is 6.56. The molecule has 1 heterocycles. The average Bonchev–Trinajstić information content (AvgIpc) is 3.34. The van der Waals surface area contributed by atoms with Crippen LogP contribution in [-0.4, -0.2) is 29.1 Å². The predicted octanol–water partition coefficient (Wildman–Crippen LogP) is 2.38. The van der Waals surface area contributed by atoms with Crippen LogP contribution in [0.3, 0.4) is 0 Å². The normalized spacial score (nSPS) is 19.9. The van der Waals surface area contributed by atoms with Crippen molar-refractivity contribution in [2.24, 2.45) is 17.6 Å². The molecule has 4 heteroatoms. The molecular weight excluding hydrogens is 248 g/mol. The Kier molecular flexibility index (Phi) is 4.20. The highest BCUT2D eigenvalue weighted by molar-refractivity contribution is 5.31. The zero-order valence-electron chi connectivity index (χ0n) is 12.5. The molecule has 1 aromatic rings. The van der Waals surface area contributed by atoms with Crippen molar-refractivity contribution in [1.82, 2.24) is 9.97 Å². The van der Waals surface area contributed by atoms with Gasteiger partial charge in [0.1, 0.15) is 0 Å². The number of nitrogens with zero attached hydrogens (tertiary/aromatic N) is 3. The highest BCUT2D eigenvalue weighted by Crippen LogP contribution is 2.34. The number of rotatable bonds is 8. The third-order valence-corrected chi connectivity index (χ3v) is 4.35. The van der Waals surface area contributed by atoms with Gasteiger partial charge in [0, 0.05) is 31.5 Å². The molecule has 0 bridgehead atoms. The minimum atomic E-state index is 0.221. The summed E-state index contributed by atoms with van der Waals surface area (Å²) in [6.45, 7) is 4.40. The minimum Gasteiger partial charge on any atom is -0.340 e. The first-order chi connectivity index (χ1) is 9.74. The SMILES string of the molecule is CCC(N)Cc1cnc(N(CC2CC2)CC2CC2)nc1. The van der Waals surface area contributed by atoms with E-state index in [0.717, 1.165) is 49.3 Å². The van der Waals surface area contributed by atoms with E-state index in [1.807, 2.05) is 12.4 Å². The molecule has 0 amide bonds. The molecule has 3 rings (SSSR count). The van der Waals surface area contributed by atoms with E-state index in [0.29, 0.717) is 0 Å². The fourth-order valence-electron chi connectivity index (χ4n) is 2.53. The standard InChI is InChI=1S/C16H26N4/c1-2-15(17)7-14-8-18-16(19-9-14)20(10-12-3-4-12)11-13-5-6-13/h8-9,12-13,15H,2-7,10-11,17H2,1H3. The van der Waals surface area contributed by atoms with Crippen LogP contribution in [-0.2, 0) is 6.42 Å². The molecule has 2 N–H and O–H groups in total. The summed E-state index contributed by atoms with van der Waals surface area (Å²) in [6, 6.07) is 0.221. The van der Waals surface area contributed by atoms with E-state index in [2.05, 4.69) is 21.8 Å². The maximum absolute atomic E-state index is 5.99. The van der Waals surface area contributed by atoms with E-state index < -0.39 is 0 Å². The predicted molar refractivity (Wildman–Crippen MR) is 81.7 cm³/mol. The molecule has 0 aliphatic heterocycles. The Labute approximate surface area is 121 Å². The van der Waals surface area contributed by atoms with E-state index in [4.69, 9.17) is 5.73 Å². The second-order valence-corrected chi connectivity index (χ2v) is 6.56. The molecule has 2 aliphatic carbocycles. The summed E-state index contributed by atoms with van der Waals surface area (Å²) in [5, 5.41) is 0. The molecule has 0 radical (unpaired) electrons. The summed E-state index contributed by atoms with van der Waals surface area (Å²) in [5.74, 6) is 2.67. The third kappa shape index (κ3) is 3.92. The van der Waals surface area contributed by atoms with E-state index in [-0.39, 0.29) is 6.04 Å². The Bertz CT molecular complexity index is 409. The number of aromatic nitrogens is 2. The molecule has 110 valence electrons. The van der Waals surface area contributed by atoms with Crippen molar-refractivity contribution in [2.75, 3.05) is 18.0 Å². The highest BCUT2D eigenvalue weighted by atomic mass is 15.3. The summed E-state index contributed by atoms with van der Waals surface area (Å²) >= 11 is 0. The van der Waals surface area contributed by atoms with Crippen LogP contribution < -0.4 is 10.6 Å². The molecule has 0 spiro atoms. The maximum atomic E-state index is 5.99. The lowest BCUT2D eigenvalue weighted by molar-refractivity contribution is 0.638. The first-order valence-electron chi connectivity index (χ1n) is 8.06. The summed E-state index contributed by atoms with van der Waals surface area (Å²) in [4.78, 5) is 11.6. The summed E-state index contributed by atoms with van der Waals surface area (Å²) < 4.78 is 0. The lowest BCUT2D eigenvalue weighted by Crippen LogP contribution is -2.30. The van der Waals surface area contributed by atoms with Gasteiger partial charge in [-0.1, -0.05) is 6.92 Å². The first-order valence-corrected chi connectivity index (χ1v) is 8.06. The van der Waals surface area contributed by atoms with Gasteiger partial charge >= 0.3 is 0 Å². The Balaban J connectivity index is 1.63. The van der Waals surface area contributed by atoms with Gasteiger partial charge in [-0.2, -0.15) is 0 Å². The molecular formula is C16H26N4. The van der Waals surface area contributed by atoms with Gasteiger partial charge in [0.25, 0.3) is 0 Å². The summed E-state index contributed by atoms with van der Waals surface area (Å²) in [7, 11) is 0. The molecule has 2 aliphatic rings. The van der Waals surface area contributed by atoms with Crippen LogP contribution in [0.5, 0.6) is 0 Å². The van der Waals surface area contributed by atoms with Gasteiger partial charge < -0.3 is 10.6 Å². The van der Waals surface area contributed by atoms with Crippen LogP contribution in [0.4, 0.5) is 5.95 Å². The van der Waals surface area contributed by atoms with E-state index in [1.165, 1.54) is 25.7 Å². The fraction of sp³-hybridized carbons (Fsp3) is 0.750. The van der Waals surface area contributed by atoms with Crippen LogP contribution in [0, 0.1) is 11.8 Å². The van der Waals surface area contributed by atoms with Crippen molar-refractivity contribution in [1.29, 1.82) is 0 Å². The number of anilines is 1. The largest absolute Gasteiger partial charge is 0.340 e. The van der Waals surface area contributed by atoms with Crippen LogP contribution in [0.2, 0.25) is 0 Å². The smallest absolute Gasteiger partial charge is 0.225 e. The Morgan fingerprint density at radius 3 is 2.15 bits per heavy atom. The van der Waals surface area contributed by atoms with Gasteiger partial charge in [0.05, 0.1) is 0 Å². The number of nitrogens with two attached hydrogens (primary N) is 1. The van der Waals surface area contributed by atoms with Gasteiger partial charge in [0.15, 0.2) is 0 Å². The van der Waals surface area contributed by atoms with Crippen LogP contribution in [0.25, 0.3) is 0 Å². The van der Waals surface area contributed by atoms with Crippen LogP contribution >= 0.6 is 0 Å². The molecule has 4 nitrogen and oxygen atoms in total.